The van der Waals surface area contributed by atoms with Crippen molar-refractivity contribution in [3.05, 3.63) is 41.0 Å². The van der Waals surface area contributed by atoms with Gasteiger partial charge in [0.2, 0.25) is 11.8 Å². The van der Waals surface area contributed by atoms with Crippen molar-refractivity contribution in [1.29, 1.82) is 0 Å². The molecule has 2 fully saturated rings. The van der Waals surface area contributed by atoms with Crippen molar-refractivity contribution in [2.45, 2.75) is 85.6 Å². The summed E-state index contributed by atoms with van der Waals surface area (Å²) in [7, 11) is 0. The predicted molar refractivity (Wildman–Crippen MR) is 134 cm³/mol. The lowest BCUT2D eigenvalue weighted by atomic mass is 9.90. The molecule has 2 aromatic rings. The first-order chi connectivity index (χ1) is 16.0. The lowest BCUT2D eigenvalue weighted by Gasteiger charge is -2.20. The Morgan fingerprint density at radius 3 is 2.50 bits per heavy atom. The van der Waals surface area contributed by atoms with Gasteiger partial charge in [-0.3, -0.25) is 9.59 Å². The van der Waals surface area contributed by atoms with Crippen LogP contribution < -0.4 is 5.32 Å². The SMILES string of the molecule is CC(=O)N1C[C@H](C(=O)Nc2cccc(C)c2C)[C@@H](c2nnc(CCCC(C)(C)C)n2C2CC2)C1. The summed E-state index contributed by atoms with van der Waals surface area (Å²) in [6, 6.07) is 6.36. The zero-order chi connectivity index (χ0) is 24.6. The third kappa shape index (κ3) is 5.34. The van der Waals surface area contributed by atoms with E-state index in [1.165, 1.54) is 0 Å². The molecule has 184 valence electrons. The number of nitrogens with zero attached hydrogens (tertiary/aromatic N) is 4. The van der Waals surface area contributed by atoms with Crippen LogP contribution in [0.2, 0.25) is 0 Å². The number of benzene rings is 1. The Kier molecular flexibility index (Phi) is 6.83. The standard InChI is InChI=1S/C27H39N5O2/c1-17-9-7-10-23(18(17)2)28-26(34)22-16-31(19(3)33)15-21(22)25-30-29-24(32(25)20-12-13-20)11-8-14-27(4,5)6/h7,9-10,20-22H,8,11-16H2,1-6H3,(H,28,34)/t21-,22-/m0/s1. The molecule has 1 aliphatic carbocycles. The van der Waals surface area contributed by atoms with Gasteiger partial charge in [0.25, 0.3) is 0 Å². The van der Waals surface area contributed by atoms with Crippen LogP contribution in [0.4, 0.5) is 5.69 Å². The minimum atomic E-state index is -0.354. The number of aromatic nitrogens is 3. The number of hydrogen-bond acceptors (Lipinski definition) is 4. The summed E-state index contributed by atoms with van der Waals surface area (Å²) < 4.78 is 2.30. The van der Waals surface area contributed by atoms with Crippen LogP contribution in [0.15, 0.2) is 18.2 Å². The highest BCUT2D eigenvalue weighted by Gasteiger charge is 2.44. The predicted octanol–water partition coefficient (Wildman–Crippen LogP) is 4.80. The third-order valence-corrected chi connectivity index (χ3v) is 7.33. The monoisotopic (exact) mass is 465 g/mol. The van der Waals surface area contributed by atoms with Crippen molar-refractivity contribution < 1.29 is 9.59 Å². The molecule has 0 unspecified atom stereocenters. The number of likely N-dealkylation sites (tertiary alicyclic amines) is 1. The van der Waals surface area contributed by atoms with Crippen LogP contribution in [0, 0.1) is 25.2 Å². The highest BCUT2D eigenvalue weighted by molar-refractivity contribution is 5.95. The molecule has 7 nitrogen and oxygen atoms in total. The van der Waals surface area contributed by atoms with E-state index in [0.717, 1.165) is 60.6 Å². The molecule has 2 atom stereocenters. The van der Waals surface area contributed by atoms with Gasteiger partial charge in [-0.25, -0.2) is 0 Å². The minimum Gasteiger partial charge on any atom is -0.341 e. The van der Waals surface area contributed by atoms with Crippen molar-refractivity contribution in [3.63, 3.8) is 0 Å². The fourth-order valence-electron chi connectivity index (χ4n) is 4.97. The summed E-state index contributed by atoms with van der Waals surface area (Å²) in [5, 5.41) is 12.4. The molecule has 0 spiro atoms. The van der Waals surface area contributed by atoms with Gasteiger partial charge in [0.1, 0.15) is 11.6 Å². The molecule has 2 aliphatic rings. The van der Waals surface area contributed by atoms with Crippen molar-refractivity contribution in [1.82, 2.24) is 19.7 Å². The topological polar surface area (TPSA) is 80.1 Å². The molecule has 1 aliphatic heterocycles. The summed E-state index contributed by atoms with van der Waals surface area (Å²) >= 11 is 0. The van der Waals surface area contributed by atoms with Crippen LogP contribution in [0.1, 0.15) is 88.1 Å². The molecule has 1 saturated carbocycles. The van der Waals surface area contributed by atoms with E-state index in [9.17, 15) is 9.59 Å². The number of carbonyl (C=O) groups is 2. The van der Waals surface area contributed by atoms with E-state index in [-0.39, 0.29) is 29.1 Å². The third-order valence-electron chi connectivity index (χ3n) is 7.33. The largest absolute Gasteiger partial charge is 0.341 e. The quantitative estimate of drug-likeness (QED) is 0.637. The number of carbonyl (C=O) groups excluding carboxylic acids is 2. The van der Waals surface area contributed by atoms with E-state index in [2.05, 4.69) is 40.9 Å². The minimum absolute atomic E-state index is 0.00470. The Bertz CT molecular complexity index is 1060. The molecule has 1 N–H and O–H groups in total. The van der Waals surface area contributed by atoms with E-state index < -0.39 is 0 Å². The zero-order valence-electron chi connectivity index (χ0n) is 21.5. The van der Waals surface area contributed by atoms with Crippen LogP contribution in [0.25, 0.3) is 0 Å². The number of nitrogens with one attached hydrogen (secondary N) is 1. The van der Waals surface area contributed by atoms with E-state index in [1.54, 1.807) is 11.8 Å². The lowest BCUT2D eigenvalue weighted by molar-refractivity contribution is -0.128. The fourth-order valence-corrected chi connectivity index (χ4v) is 4.97. The highest BCUT2D eigenvalue weighted by Crippen LogP contribution is 2.41. The molecule has 4 rings (SSSR count). The van der Waals surface area contributed by atoms with Crippen molar-refractivity contribution >= 4 is 17.5 Å². The van der Waals surface area contributed by atoms with Gasteiger partial charge in [0.15, 0.2) is 0 Å². The van der Waals surface area contributed by atoms with Gasteiger partial charge in [-0.15, -0.1) is 10.2 Å². The first-order valence-electron chi connectivity index (χ1n) is 12.6. The molecule has 34 heavy (non-hydrogen) atoms. The summed E-state index contributed by atoms with van der Waals surface area (Å²) in [6.45, 7) is 13.3. The molecule has 2 amide bonds. The Labute approximate surface area is 203 Å². The Morgan fingerprint density at radius 2 is 1.85 bits per heavy atom. The first kappa shape index (κ1) is 24.4. The molecule has 7 heteroatoms. The van der Waals surface area contributed by atoms with Crippen molar-refractivity contribution in [2.75, 3.05) is 18.4 Å². The van der Waals surface area contributed by atoms with Gasteiger partial charge in [0, 0.05) is 38.2 Å². The summed E-state index contributed by atoms with van der Waals surface area (Å²) in [5.74, 6) is 1.33. The summed E-state index contributed by atoms with van der Waals surface area (Å²) in [6.07, 6.45) is 5.33. The second-order valence-corrected chi connectivity index (χ2v) is 11.4. The number of rotatable bonds is 7. The smallest absolute Gasteiger partial charge is 0.230 e. The first-order valence-corrected chi connectivity index (χ1v) is 12.6. The van der Waals surface area contributed by atoms with E-state index in [4.69, 9.17) is 0 Å². The second kappa shape index (κ2) is 9.51. The molecular weight excluding hydrogens is 426 g/mol. The molecular formula is C27H39N5O2. The average Bonchev–Trinajstić information content (AvgIpc) is 3.34. The van der Waals surface area contributed by atoms with Gasteiger partial charge in [-0.1, -0.05) is 32.9 Å². The normalized spacial score (nSPS) is 20.6. The van der Waals surface area contributed by atoms with Gasteiger partial charge in [-0.05, 0) is 62.1 Å². The molecule has 1 saturated heterocycles. The van der Waals surface area contributed by atoms with Crippen LogP contribution in [0.3, 0.4) is 0 Å². The summed E-state index contributed by atoms with van der Waals surface area (Å²) in [5.41, 5.74) is 3.32. The molecule has 2 heterocycles. The molecule has 1 aromatic heterocycles. The molecule has 1 aromatic carbocycles. The van der Waals surface area contributed by atoms with E-state index >= 15 is 0 Å². The van der Waals surface area contributed by atoms with Gasteiger partial charge in [-0.2, -0.15) is 0 Å². The van der Waals surface area contributed by atoms with Gasteiger partial charge >= 0.3 is 0 Å². The molecule has 0 bridgehead atoms. The Morgan fingerprint density at radius 1 is 1.12 bits per heavy atom. The Hall–Kier alpha value is -2.70. The number of amides is 2. The van der Waals surface area contributed by atoms with E-state index in [1.807, 2.05) is 32.0 Å². The zero-order valence-corrected chi connectivity index (χ0v) is 21.5. The maximum absolute atomic E-state index is 13.5. The Balaban J connectivity index is 1.60. The van der Waals surface area contributed by atoms with Crippen molar-refractivity contribution in [3.8, 4) is 0 Å². The maximum atomic E-state index is 13.5. The average molecular weight is 466 g/mol. The fraction of sp³-hybridized carbons (Fsp3) is 0.630. The maximum Gasteiger partial charge on any atom is 0.230 e. The molecule has 0 radical (unpaired) electrons. The number of anilines is 1. The van der Waals surface area contributed by atoms with E-state index in [0.29, 0.717) is 19.1 Å². The number of hydrogen-bond donors (Lipinski definition) is 1. The van der Waals surface area contributed by atoms with Gasteiger partial charge < -0.3 is 14.8 Å². The van der Waals surface area contributed by atoms with Crippen LogP contribution in [-0.2, 0) is 16.0 Å². The van der Waals surface area contributed by atoms with Crippen LogP contribution in [-0.4, -0.2) is 44.6 Å². The van der Waals surface area contributed by atoms with Gasteiger partial charge in [0.05, 0.1) is 11.8 Å². The van der Waals surface area contributed by atoms with Crippen LogP contribution in [0.5, 0.6) is 0 Å². The highest BCUT2D eigenvalue weighted by atomic mass is 16.2. The lowest BCUT2D eigenvalue weighted by Crippen LogP contribution is -2.31. The second-order valence-electron chi connectivity index (χ2n) is 11.4. The number of aryl methyl sites for hydroxylation is 2. The van der Waals surface area contributed by atoms with Crippen molar-refractivity contribution in [2.24, 2.45) is 11.3 Å². The van der Waals surface area contributed by atoms with Crippen LogP contribution >= 0.6 is 0 Å². The summed E-state index contributed by atoms with van der Waals surface area (Å²) in [4.78, 5) is 27.6.